The Kier molecular flexibility index (Phi) is 3.97. The maximum atomic E-state index is 12.2. The van der Waals surface area contributed by atoms with Gasteiger partial charge < -0.3 is 4.90 Å². The Hall–Kier alpha value is -1.01. The van der Waals surface area contributed by atoms with Gasteiger partial charge in [-0.25, -0.2) is 4.98 Å². The molecule has 0 radical (unpaired) electrons. The van der Waals surface area contributed by atoms with Crippen molar-refractivity contribution in [2.75, 3.05) is 37.6 Å². The Morgan fingerprint density at radius 2 is 1.83 bits per heavy atom. The van der Waals surface area contributed by atoms with Crippen molar-refractivity contribution in [3.63, 3.8) is 0 Å². The molecule has 100 valence electrons. The third-order valence-electron chi connectivity index (χ3n) is 2.80. The maximum absolute atomic E-state index is 12.2. The van der Waals surface area contributed by atoms with E-state index in [4.69, 9.17) is 11.6 Å². The first kappa shape index (κ1) is 13.4. The van der Waals surface area contributed by atoms with Crippen LogP contribution in [-0.2, 0) is 0 Å². The standard InChI is InChI=1S/C11H13ClF3N3/c12-9-2-1-3-10(16-9)18-6-4-17(5-7-18)8-11(13,14)15/h1-3H,4-8H2. The molecule has 1 aromatic rings. The minimum absolute atomic E-state index is 0.383. The predicted octanol–water partition coefficient (Wildman–Crippen LogP) is 2.42. The number of hydrogen-bond acceptors (Lipinski definition) is 3. The number of pyridine rings is 1. The van der Waals surface area contributed by atoms with Crippen molar-refractivity contribution in [3.05, 3.63) is 23.4 Å². The average Bonchev–Trinajstić information content (AvgIpc) is 2.28. The normalized spacial score (nSPS) is 18.1. The van der Waals surface area contributed by atoms with E-state index in [9.17, 15) is 13.2 Å². The Bertz CT molecular complexity index is 403. The predicted molar refractivity (Wildman–Crippen MR) is 64.0 cm³/mol. The first-order valence-corrected chi connectivity index (χ1v) is 5.98. The summed E-state index contributed by atoms with van der Waals surface area (Å²) in [6.07, 6.45) is -4.13. The van der Waals surface area contributed by atoms with Gasteiger partial charge in [0.1, 0.15) is 11.0 Å². The third-order valence-corrected chi connectivity index (χ3v) is 3.01. The average molecular weight is 280 g/mol. The minimum atomic E-state index is -4.13. The van der Waals surface area contributed by atoms with Gasteiger partial charge in [-0.05, 0) is 12.1 Å². The van der Waals surface area contributed by atoms with Crippen LogP contribution < -0.4 is 4.90 Å². The van der Waals surface area contributed by atoms with Crippen molar-refractivity contribution in [2.24, 2.45) is 0 Å². The number of nitrogens with zero attached hydrogens (tertiary/aromatic N) is 3. The molecule has 0 aromatic carbocycles. The van der Waals surface area contributed by atoms with E-state index >= 15 is 0 Å². The number of alkyl halides is 3. The van der Waals surface area contributed by atoms with E-state index in [0.717, 1.165) is 0 Å². The van der Waals surface area contributed by atoms with Crippen LogP contribution in [0.1, 0.15) is 0 Å². The molecule has 2 rings (SSSR count). The van der Waals surface area contributed by atoms with Crippen LogP contribution in [0.3, 0.4) is 0 Å². The van der Waals surface area contributed by atoms with Gasteiger partial charge >= 0.3 is 6.18 Å². The van der Waals surface area contributed by atoms with E-state index in [0.29, 0.717) is 37.1 Å². The number of piperazine rings is 1. The lowest BCUT2D eigenvalue weighted by molar-refractivity contribution is -0.146. The molecule has 1 aromatic heterocycles. The number of aromatic nitrogens is 1. The lowest BCUT2D eigenvalue weighted by Crippen LogP contribution is -2.49. The highest BCUT2D eigenvalue weighted by molar-refractivity contribution is 6.29. The van der Waals surface area contributed by atoms with Crippen LogP contribution in [0.15, 0.2) is 18.2 Å². The summed E-state index contributed by atoms with van der Waals surface area (Å²) in [6, 6.07) is 5.27. The molecule has 1 aliphatic heterocycles. The Balaban J connectivity index is 1.91. The fourth-order valence-electron chi connectivity index (χ4n) is 1.96. The second-order valence-corrected chi connectivity index (χ2v) is 4.58. The Labute approximate surface area is 108 Å². The zero-order valence-electron chi connectivity index (χ0n) is 9.62. The summed E-state index contributed by atoms with van der Waals surface area (Å²) in [5.41, 5.74) is 0. The third kappa shape index (κ3) is 3.74. The second kappa shape index (κ2) is 5.32. The van der Waals surface area contributed by atoms with Crippen LogP contribution >= 0.6 is 11.6 Å². The van der Waals surface area contributed by atoms with Crippen molar-refractivity contribution >= 4 is 17.4 Å². The van der Waals surface area contributed by atoms with E-state index < -0.39 is 12.7 Å². The topological polar surface area (TPSA) is 19.4 Å². The van der Waals surface area contributed by atoms with Gasteiger partial charge in [0.25, 0.3) is 0 Å². The summed E-state index contributed by atoms with van der Waals surface area (Å²) in [5, 5.41) is 0.394. The quantitative estimate of drug-likeness (QED) is 0.775. The number of hydrogen-bond donors (Lipinski definition) is 0. The molecular weight excluding hydrogens is 267 g/mol. The van der Waals surface area contributed by atoms with Crippen molar-refractivity contribution in [1.29, 1.82) is 0 Å². The van der Waals surface area contributed by atoms with E-state index in [1.807, 2.05) is 11.0 Å². The lowest BCUT2D eigenvalue weighted by atomic mass is 10.3. The summed E-state index contributed by atoms with van der Waals surface area (Å²) >= 11 is 5.78. The van der Waals surface area contributed by atoms with Gasteiger partial charge in [0.15, 0.2) is 0 Å². The van der Waals surface area contributed by atoms with E-state index in [1.54, 1.807) is 12.1 Å². The molecule has 3 nitrogen and oxygen atoms in total. The molecule has 1 saturated heterocycles. The molecule has 0 unspecified atom stereocenters. The SMILES string of the molecule is FC(F)(F)CN1CCN(c2cccc(Cl)n2)CC1. The monoisotopic (exact) mass is 279 g/mol. The fraction of sp³-hybridized carbons (Fsp3) is 0.545. The van der Waals surface area contributed by atoms with Crippen molar-refractivity contribution in [2.45, 2.75) is 6.18 Å². The maximum Gasteiger partial charge on any atom is 0.401 e. The first-order valence-electron chi connectivity index (χ1n) is 5.61. The minimum Gasteiger partial charge on any atom is -0.354 e. The molecule has 1 fully saturated rings. The van der Waals surface area contributed by atoms with Gasteiger partial charge in [-0.3, -0.25) is 4.90 Å². The second-order valence-electron chi connectivity index (χ2n) is 4.20. The fourth-order valence-corrected chi connectivity index (χ4v) is 2.12. The van der Waals surface area contributed by atoms with E-state index in [2.05, 4.69) is 4.98 Å². The molecule has 0 aliphatic carbocycles. The molecule has 7 heteroatoms. The molecule has 1 aliphatic rings. The van der Waals surface area contributed by atoms with Crippen molar-refractivity contribution in [3.8, 4) is 0 Å². The van der Waals surface area contributed by atoms with Gasteiger partial charge in [0.2, 0.25) is 0 Å². The highest BCUT2D eigenvalue weighted by atomic mass is 35.5. The van der Waals surface area contributed by atoms with Crippen LogP contribution in [0.2, 0.25) is 5.15 Å². The summed E-state index contributed by atoms with van der Waals surface area (Å²) in [6.45, 7) is 0.984. The zero-order chi connectivity index (χ0) is 13.2. The van der Waals surface area contributed by atoms with E-state index in [1.165, 1.54) is 4.90 Å². The number of rotatable bonds is 2. The molecule has 0 N–H and O–H groups in total. The highest BCUT2D eigenvalue weighted by Crippen LogP contribution is 2.20. The molecule has 18 heavy (non-hydrogen) atoms. The molecule has 0 spiro atoms. The first-order chi connectivity index (χ1) is 8.44. The molecule has 0 saturated carbocycles. The Morgan fingerprint density at radius 3 is 2.39 bits per heavy atom. The van der Waals surface area contributed by atoms with Gasteiger partial charge in [-0.2, -0.15) is 13.2 Å². The summed E-state index contributed by atoms with van der Waals surface area (Å²) in [4.78, 5) is 7.49. The summed E-state index contributed by atoms with van der Waals surface area (Å²) in [5.74, 6) is 0.717. The van der Waals surface area contributed by atoms with Crippen LogP contribution in [0.25, 0.3) is 0 Å². The summed E-state index contributed by atoms with van der Waals surface area (Å²) < 4.78 is 36.7. The van der Waals surface area contributed by atoms with Gasteiger partial charge in [-0.15, -0.1) is 0 Å². The summed E-state index contributed by atoms with van der Waals surface area (Å²) in [7, 11) is 0. The van der Waals surface area contributed by atoms with Crippen molar-refractivity contribution in [1.82, 2.24) is 9.88 Å². The molecule has 0 amide bonds. The largest absolute Gasteiger partial charge is 0.401 e. The number of anilines is 1. The van der Waals surface area contributed by atoms with Crippen LogP contribution in [-0.4, -0.2) is 48.8 Å². The van der Waals surface area contributed by atoms with Gasteiger partial charge in [-0.1, -0.05) is 17.7 Å². The van der Waals surface area contributed by atoms with Gasteiger partial charge in [0, 0.05) is 26.2 Å². The van der Waals surface area contributed by atoms with Crippen LogP contribution in [0.4, 0.5) is 19.0 Å². The highest BCUT2D eigenvalue weighted by Gasteiger charge is 2.32. The zero-order valence-corrected chi connectivity index (χ0v) is 10.4. The smallest absolute Gasteiger partial charge is 0.354 e. The van der Waals surface area contributed by atoms with E-state index in [-0.39, 0.29) is 0 Å². The molecule has 0 atom stereocenters. The van der Waals surface area contributed by atoms with Crippen LogP contribution in [0.5, 0.6) is 0 Å². The molecule has 0 bridgehead atoms. The lowest BCUT2D eigenvalue weighted by Gasteiger charge is -2.35. The molecule has 2 heterocycles. The van der Waals surface area contributed by atoms with Gasteiger partial charge in [0.05, 0.1) is 6.54 Å². The molecular formula is C11H13ClF3N3. The number of halogens is 4. The van der Waals surface area contributed by atoms with Crippen LogP contribution in [0, 0.1) is 0 Å². The Morgan fingerprint density at radius 1 is 1.17 bits per heavy atom. The van der Waals surface area contributed by atoms with Crippen molar-refractivity contribution < 1.29 is 13.2 Å².